The van der Waals surface area contributed by atoms with Crippen LogP contribution in [-0.4, -0.2) is 47.4 Å². The van der Waals surface area contributed by atoms with Gasteiger partial charge in [0.15, 0.2) is 0 Å². The molecule has 0 aliphatic carbocycles. The summed E-state index contributed by atoms with van der Waals surface area (Å²) in [5, 5.41) is 23.3. The molecule has 6 nitrogen and oxygen atoms in total. The molecule has 0 rings (SSSR count). The van der Waals surface area contributed by atoms with E-state index in [1.165, 1.54) is 295 Å². The fourth-order valence-corrected chi connectivity index (χ4v) is 10.3. The highest BCUT2D eigenvalue weighted by atomic mass is 16.5. The molecule has 2 atom stereocenters. The van der Waals surface area contributed by atoms with Crippen LogP contribution in [0.4, 0.5) is 0 Å². The van der Waals surface area contributed by atoms with Crippen molar-refractivity contribution >= 4 is 11.9 Å². The summed E-state index contributed by atoms with van der Waals surface area (Å²) in [6.07, 6.45) is 73.7. The lowest BCUT2D eigenvalue weighted by Crippen LogP contribution is -2.45. The number of hydrogen-bond donors (Lipinski definition) is 3. The van der Waals surface area contributed by atoms with E-state index in [1.54, 1.807) is 0 Å². The molecule has 2 unspecified atom stereocenters. The highest BCUT2D eigenvalue weighted by Gasteiger charge is 2.20. The van der Waals surface area contributed by atoms with Gasteiger partial charge in [-0.15, -0.1) is 0 Å². The molecule has 0 bridgehead atoms. The molecule has 0 aromatic rings. The number of amides is 1. The fourth-order valence-electron chi connectivity index (χ4n) is 10.3. The van der Waals surface area contributed by atoms with Crippen LogP contribution in [0, 0.1) is 0 Å². The zero-order valence-corrected chi connectivity index (χ0v) is 48.2. The van der Waals surface area contributed by atoms with Crippen molar-refractivity contribution in [2.45, 2.75) is 379 Å². The molecule has 71 heavy (non-hydrogen) atoms. The largest absolute Gasteiger partial charge is 0.466 e. The third-order valence-electron chi connectivity index (χ3n) is 15.3. The van der Waals surface area contributed by atoms with Gasteiger partial charge in [-0.05, 0) is 51.4 Å². The predicted molar refractivity (Wildman–Crippen MR) is 310 cm³/mol. The Bertz CT molecular complexity index is 1060. The number of unbranched alkanes of at least 4 members (excludes halogenated alkanes) is 48. The van der Waals surface area contributed by atoms with Gasteiger partial charge in [-0.25, -0.2) is 0 Å². The quantitative estimate of drug-likeness (QED) is 0.0320. The number of hydrogen-bond acceptors (Lipinski definition) is 5. The van der Waals surface area contributed by atoms with Crippen LogP contribution >= 0.6 is 0 Å². The first-order chi connectivity index (χ1) is 35.0. The molecule has 1 amide bonds. The molecule has 0 aromatic carbocycles. The fraction of sp³-hybridized carbons (Fsp3) is 0.938. The Labute approximate surface area is 444 Å². The van der Waals surface area contributed by atoms with Crippen LogP contribution in [0.1, 0.15) is 367 Å². The molecule has 6 heteroatoms. The average Bonchev–Trinajstić information content (AvgIpc) is 3.37. The van der Waals surface area contributed by atoms with Gasteiger partial charge in [0.25, 0.3) is 0 Å². The lowest BCUT2D eigenvalue weighted by molar-refractivity contribution is -0.143. The summed E-state index contributed by atoms with van der Waals surface area (Å²) in [5.74, 6) is -0.0245. The lowest BCUT2D eigenvalue weighted by atomic mass is 10.0. The van der Waals surface area contributed by atoms with Crippen molar-refractivity contribution in [1.82, 2.24) is 5.32 Å². The van der Waals surface area contributed by atoms with Gasteiger partial charge < -0.3 is 20.3 Å². The van der Waals surface area contributed by atoms with Crippen LogP contribution < -0.4 is 5.32 Å². The molecule has 0 radical (unpaired) electrons. The SMILES string of the molecule is CCCCCCCCCCCCCCCCCCCCC(=O)OCCCCCCCCCCCCC/C=C\CCCCCCCCCC(=O)NC(CO)C(O)CCCCCCCCCCCCCCCC. The molecular weight excluding hydrogens is 875 g/mol. The highest BCUT2D eigenvalue weighted by molar-refractivity contribution is 5.76. The molecule has 0 saturated carbocycles. The third kappa shape index (κ3) is 57.7. The summed E-state index contributed by atoms with van der Waals surface area (Å²) in [6.45, 7) is 4.98. The van der Waals surface area contributed by atoms with E-state index in [0.717, 1.165) is 38.5 Å². The second-order valence-electron chi connectivity index (χ2n) is 22.5. The normalized spacial score (nSPS) is 12.6. The molecule has 0 aromatic heterocycles. The third-order valence-corrected chi connectivity index (χ3v) is 15.3. The molecule has 0 aliphatic rings. The Balaban J connectivity index is 3.38. The van der Waals surface area contributed by atoms with E-state index in [1.807, 2.05) is 0 Å². The summed E-state index contributed by atoms with van der Waals surface area (Å²) < 4.78 is 5.50. The highest BCUT2D eigenvalue weighted by Crippen LogP contribution is 2.18. The number of carbonyl (C=O) groups excluding carboxylic acids is 2. The minimum atomic E-state index is -0.667. The van der Waals surface area contributed by atoms with Crippen LogP contribution in [0.15, 0.2) is 12.2 Å². The van der Waals surface area contributed by atoms with Gasteiger partial charge >= 0.3 is 5.97 Å². The van der Waals surface area contributed by atoms with Crippen molar-refractivity contribution < 1.29 is 24.5 Å². The molecular formula is C65H127NO5. The number of aliphatic hydroxyl groups excluding tert-OH is 2. The minimum absolute atomic E-state index is 0.0152. The van der Waals surface area contributed by atoms with Crippen LogP contribution in [0.5, 0.6) is 0 Å². The maximum Gasteiger partial charge on any atom is 0.305 e. The van der Waals surface area contributed by atoms with Crippen LogP contribution in [0.25, 0.3) is 0 Å². The van der Waals surface area contributed by atoms with Gasteiger partial charge in [0, 0.05) is 12.8 Å². The zero-order chi connectivity index (χ0) is 51.4. The van der Waals surface area contributed by atoms with Gasteiger partial charge in [0.05, 0.1) is 25.4 Å². The number of ether oxygens (including phenoxy) is 1. The molecule has 422 valence electrons. The second kappa shape index (κ2) is 61.1. The first-order valence-electron chi connectivity index (χ1n) is 32.4. The van der Waals surface area contributed by atoms with Gasteiger partial charge in [-0.1, -0.05) is 315 Å². The first kappa shape index (κ1) is 69.6. The maximum absolute atomic E-state index is 12.5. The number of nitrogens with one attached hydrogen (secondary N) is 1. The van der Waals surface area contributed by atoms with Crippen molar-refractivity contribution in [3.63, 3.8) is 0 Å². The van der Waals surface area contributed by atoms with Gasteiger partial charge in [0.1, 0.15) is 0 Å². The Morgan fingerprint density at radius 2 is 0.662 bits per heavy atom. The number of aliphatic hydroxyl groups is 2. The number of rotatable bonds is 61. The molecule has 0 heterocycles. The molecule has 3 N–H and O–H groups in total. The maximum atomic E-state index is 12.5. The number of esters is 1. The Kier molecular flexibility index (Phi) is 59.9. The van der Waals surface area contributed by atoms with Crippen LogP contribution in [0.3, 0.4) is 0 Å². The van der Waals surface area contributed by atoms with E-state index in [2.05, 4.69) is 31.3 Å². The van der Waals surface area contributed by atoms with E-state index < -0.39 is 12.1 Å². The van der Waals surface area contributed by atoms with E-state index >= 15 is 0 Å². The van der Waals surface area contributed by atoms with Crippen molar-refractivity contribution in [3.05, 3.63) is 12.2 Å². The summed E-state index contributed by atoms with van der Waals surface area (Å²) >= 11 is 0. The summed E-state index contributed by atoms with van der Waals surface area (Å²) in [5.41, 5.74) is 0. The Hall–Kier alpha value is -1.40. The molecule has 0 spiro atoms. The van der Waals surface area contributed by atoms with Crippen molar-refractivity contribution in [1.29, 1.82) is 0 Å². The van der Waals surface area contributed by atoms with Crippen molar-refractivity contribution in [2.75, 3.05) is 13.2 Å². The van der Waals surface area contributed by atoms with E-state index in [9.17, 15) is 19.8 Å². The van der Waals surface area contributed by atoms with E-state index in [-0.39, 0.29) is 18.5 Å². The van der Waals surface area contributed by atoms with Crippen molar-refractivity contribution in [3.8, 4) is 0 Å². The monoisotopic (exact) mass is 1000 g/mol. The van der Waals surface area contributed by atoms with E-state index in [0.29, 0.717) is 25.9 Å². The van der Waals surface area contributed by atoms with E-state index in [4.69, 9.17) is 4.74 Å². The van der Waals surface area contributed by atoms with Gasteiger partial charge in [-0.2, -0.15) is 0 Å². The average molecular weight is 1000 g/mol. The molecule has 0 aliphatic heterocycles. The Morgan fingerprint density at radius 1 is 0.380 bits per heavy atom. The Morgan fingerprint density at radius 3 is 1.00 bits per heavy atom. The van der Waals surface area contributed by atoms with Gasteiger partial charge in [0.2, 0.25) is 5.91 Å². The smallest absolute Gasteiger partial charge is 0.305 e. The molecule has 0 fully saturated rings. The summed E-state index contributed by atoms with van der Waals surface area (Å²) in [4.78, 5) is 24.6. The second-order valence-corrected chi connectivity index (χ2v) is 22.5. The summed E-state index contributed by atoms with van der Waals surface area (Å²) in [6, 6.07) is -0.545. The molecule has 0 saturated heterocycles. The number of allylic oxidation sites excluding steroid dienone is 2. The van der Waals surface area contributed by atoms with Crippen LogP contribution in [-0.2, 0) is 14.3 Å². The van der Waals surface area contributed by atoms with Crippen molar-refractivity contribution in [2.24, 2.45) is 0 Å². The minimum Gasteiger partial charge on any atom is -0.466 e. The zero-order valence-electron chi connectivity index (χ0n) is 48.2. The summed E-state index contributed by atoms with van der Waals surface area (Å²) in [7, 11) is 0. The number of carbonyl (C=O) groups is 2. The predicted octanol–water partition coefficient (Wildman–Crippen LogP) is 20.4. The standard InChI is InChI=1S/C65H127NO5/c1-3-5-7-9-11-13-15-17-19-20-28-31-35-39-43-47-51-55-59-65(70)71-60-56-52-48-44-40-36-32-29-26-24-22-21-23-25-27-30-34-38-42-46-50-54-58-64(69)66-62(61-67)63(68)57-53-49-45-41-37-33-18-16-14-12-10-8-6-4-2/h23,25,62-63,67-68H,3-22,24,26-61H2,1-2H3,(H,66,69)/b25-23-. The lowest BCUT2D eigenvalue weighted by Gasteiger charge is -2.22. The first-order valence-corrected chi connectivity index (χ1v) is 32.4. The topological polar surface area (TPSA) is 95.9 Å². The van der Waals surface area contributed by atoms with Crippen LogP contribution in [0.2, 0.25) is 0 Å². The van der Waals surface area contributed by atoms with Gasteiger partial charge in [-0.3, -0.25) is 9.59 Å².